The number of aliphatic hydroxyl groups excluding tert-OH is 3. The summed E-state index contributed by atoms with van der Waals surface area (Å²) in [4.78, 5) is 12.8. The predicted molar refractivity (Wildman–Crippen MR) is 126 cm³/mol. The molecular weight excluding hydrogens is 514 g/mol. The number of aliphatic hydroxyl groups is 3. The molecule has 0 aromatic carbocycles. The fourth-order valence-corrected chi connectivity index (χ4v) is 6.44. The molecular formula is C22H37BF4KN2O4S-. The summed E-state index contributed by atoms with van der Waals surface area (Å²) in [6, 6.07) is 0. The third-order valence-corrected chi connectivity index (χ3v) is 9.29. The van der Waals surface area contributed by atoms with Crippen molar-refractivity contribution in [2.24, 2.45) is 16.7 Å². The molecule has 13 heteroatoms. The standard InChI is InChI=1S/C22H35BF4NO4S.K.H2N/c1-13(23)15(16(32)28-20(10-29,11-30)12-31)9-17(2,3)33-7-6-14-8-21(14)18(4,19(21,5)24)22(25,26)27;;/h13,15,29-31H,6-12H2,1-5H3,(H,28,32);;1H2/q-1;+1;-1. The van der Waals surface area contributed by atoms with Crippen molar-refractivity contribution in [1.29, 1.82) is 0 Å². The van der Waals surface area contributed by atoms with Crippen LogP contribution in [0.1, 0.15) is 53.9 Å². The Labute approximate surface area is 253 Å². The van der Waals surface area contributed by atoms with Crippen molar-refractivity contribution in [3.05, 3.63) is 12.1 Å². The van der Waals surface area contributed by atoms with E-state index >= 15 is 0 Å². The van der Waals surface area contributed by atoms with Crippen LogP contribution in [-0.2, 0) is 4.79 Å². The normalized spacial score (nSPS) is 30.2. The second kappa shape index (κ2) is 12.1. The minimum absolute atomic E-state index is 0. The Balaban J connectivity index is 0.00000578. The second-order valence-electron chi connectivity index (χ2n) is 10.6. The molecule has 2 radical (unpaired) electrons. The van der Waals surface area contributed by atoms with Gasteiger partial charge >= 0.3 is 57.6 Å². The summed E-state index contributed by atoms with van der Waals surface area (Å²) in [5.41, 5.74) is -7.59. The van der Waals surface area contributed by atoms with Crippen LogP contribution in [0.15, 0.2) is 0 Å². The maximum absolute atomic E-state index is 14.8. The van der Waals surface area contributed by atoms with Gasteiger partial charge in [-0.1, -0.05) is 26.6 Å². The van der Waals surface area contributed by atoms with Crippen LogP contribution in [0, 0.1) is 22.7 Å². The van der Waals surface area contributed by atoms with E-state index in [0.29, 0.717) is 24.5 Å². The van der Waals surface area contributed by atoms with Crippen LogP contribution in [-0.4, -0.2) is 76.8 Å². The first-order valence-electron chi connectivity index (χ1n) is 11.1. The number of alkyl halides is 4. The number of nitrogens with two attached hydrogens (primary N) is 1. The van der Waals surface area contributed by atoms with Crippen molar-refractivity contribution in [3.63, 3.8) is 0 Å². The molecule has 5 atom stereocenters. The smallest absolute Gasteiger partial charge is 0.693 e. The monoisotopic (exact) mass is 551 g/mol. The van der Waals surface area contributed by atoms with E-state index in [1.807, 2.05) is 13.8 Å². The first-order chi connectivity index (χ1) is 14.9. The zero-order chi connectivity index (χ0) is 25.7. The topological polar surface area (TPSA) is 123 Å². The van der Waals surface area contributed by atoms with Crippen LogP contribution in [0.2, 0.25) is 5.82 Å². The SMILES string of the molecule is [B]C(C)C(CC(C)(C)SCC[C-]1CC12C(C)(F)C2(C)C(F)(F)F)C(=O)NC(CO)(CO)CO.[K+].[NH2-]. The fraction of sp³-hybridized carbons (Fsp3) is 0.909. The first-order valence-corrected chi connectivity index (χ1v) is 12.1. The van der Waals surface area contributed by atoms with Crippen LogP contribution in [0.5, 0.6) is 0 Å². The Bertz CT molecular complexity index is 734. The third-order valence-electron chi connectivity index (χ3n) is 7.93. The fourth-order valence-electron chi connectivity index (χ4n) is 5.24. The van der Waals surface area contributed by atoms with Gasteiger partial charge in [-0.2, -0.15) is 37.8 Å². The number of carbonyl (C=O) groups is 1. The van der Waals surface area contributed by atoms with Crippen molar-refractivity contribution >= 4 is 25.5 Å². The number of amides is 1. The van der Waals surface area contributed by atoms with Crippen molar-refractivity contribution in [1.82, 2.24) is 5.32 Å². The van der Waals surface area contributed by atoms with Crippen LogP contribution >= 0.6 is 11.8 Å². The predicted octanol–water partition coefficient (Wildman–Crippen LogP) is 0.699. The van der Waals surface area contributed by atoms with Gasteiger partial charge in [0.15, 0.2) is 0 Å². The second-order valence-corrected chi connectivity index (χ2v) is 12.4. The van der Waals surface area contributed by atoms with Crippen molar-refractivity contribution in [2.75, 3.05) is 25.6 Å². The number of nitrogens with one attached hydrogen (secondary N) is 1. The Hall–Kier alpha value is 1.08. The molecule has 2 fully saturated rings. The Kier molecular flexibility index (Phi) is 12.5. The van der Waals surface area contributed by atoms with Gasteiger partial charge in [0, 0.05) is 10.7 Å². The Morgan fingerprint density at radius 1 is 1.17 bits per heavy atom. The molecule has 0 aromatic heterocycles. The molecule has 198 valence electrons. The molecule has 5 unspecified atom stereocenters. The van der Waals surface area contributed by atoms with Crippen molar-refractivity contribution in [3.8, 4) is 0 Å². The van der Waals surface area contributed by atoms with E-state index in [1.165, 1.54) is 11.8 Å². The summed E-state index contributed by atoms with van der Waals surface area (Å²) < 4.78 is 54.8. The number of carbonyl (C=O) groups excluding carboxylic acids is 1. The van der Waals surface area contributed by atoms with E-state index in [4.69, 9.17) is 7.85 Å². The molecule has 6 nitrogen and oxygen atoms in total. The maximum atomic E-state index is 14.8. The van der Waals surface area contributed by atoms with E-state index in [2.05, 4.69) is 5.32 Å². The summed E-state index contributed by atoms with van der Waals surface area (Å²) in [5.74, 6) is -0.683. The molecule has 6 N–H and O–H groups in total. The molecule has 0 bridgehead atoms. The molecule has 2 rings (SSSR count). The van der Waals surface area contributed by atoms with Gasteiger partial charge in [0.05, 0.1) is 38.8 Å². The third kappa shape index (κ3) is 6.30. The van der Waals surface area contributed by atoms with Gasteiger partial charge in [-0.3, -0.25) is 4.79 Å². The molecule has 2 saturated carbocycles. The number of hydrogen-bond donors (Lipinski definition) is 4. The van der Waals surface area contributed by atoms with E-state index in [0.717, 1.165) is 13.8 Å². The van der Waals surface area contributed by atoms with Crippen LogP contribution in [0.4, 0.5) is 17.6 Å². The minimum atomic E-state index is -4.60. The minimum Gasteiger partial charge on any atom is -0.693 e. The van der Waals surface area contributed by atoms with Gasteiger partial charge in [0.2, 0.25) is 5.91 Å². The first kappa shape index (κ1) is 36.1. The molecule has 0 aliphatic heterocycles. The van der Waals surface area contributed by atoms with E-state index in [-0.39, 0.29) is 64.0 Å². The van der Waals surface area contributed by atoms with Crippen LogP contribution in [0.25, 0.3) is 6.15 Å². The molecule has 0 aromatic rings. The summed E-state index contributed by atoms with van der Waals surface area (Å²) in [5, 5.41) is 30.9. The largest absolute Gasteiger partial charge is 1.00 e. The number of rotatable bonds is 12. The van der Waals surface area contributed by atoms with Crippen LogP contribution < -0.4 is 56.7 Å². The van der Waals surface area contributed by atoms with Gasteiger partial charge in [0.1, 0.15) is 5.54 Å². The Morgan fingerprint density at radius 2 is 1.66 bits per heavy atom. The molecule has 2 aliphatic rings. The van der Waals surface area contributed by atoms with Crippen molar-refractivity contribution < 1.29 is 89.1 Å². The molecule has 1 amide bonds. The molecule has 0 saturated heterocycles. The zero-order valence-corrected chi connectivity index (χ0v) is 25.4. The maximum Gasteiger partial charge on any atom is 1.00 e. The number of thioether (sulfide) groups is 1. The zero-order valence-electron chi connectivity index (χ0n) is 21.4. The molecule has 2 aliphatic carbocycles. The van der Waals surface area contributed by atoms with E-state index < -0.39 is 70.4 Å². The van der Waals surface area contributed by atoms with Crippen LogP contribution in [0.3, 0.4) is 0 Å². The van der Waals surface area contributed by atoms with E-state index in [1.54, 1.807) is 6.92 Å². The summed E-state index contributed by atoms with van der Waals surface area (Å²) in [7, 11) is 6.01. The average molecular weight is 552 g/mol. The van der Waals surface area contributed by atoms with Gasteiger partial charge in [0.25, 0.3) is 0 Å². The molecule has 0 heterocycles. The summed E-state index contributed by atoms with van der Waals surface area (Å²) in [6.07, 6.45) is -3.76. The van der Waals surface area contributed by atoms with E-state index in [9.17, 15) is 37.7 Å². The van der Waals surface area contributed by atoms with Gasteiger partial charge in [-0.15, -0.1) is 5.41 Å². The quantitative estimate of drug-likeness (QED) is 0.162. The molecule has 1 spiro atoms. The van der Waals surface area contributed by atoms with Crippen molar-refractivity contribution in [2.45, 2.75) is 81.8 Å². The average Bonchev–Trinajstić information content (AvgIpc) is 3.52. The van der Waals surface area contributed by atoms with Gasteiger partial charge < -0.3 is 32.7 Å². The van der Waals surface area contributed by atoms with Gasteiger partial charge in [-0.05, 0) is 26.0 Å². The molecule has 35 heavy (non-hydrogen) atoms. The van der Waals surface area contributed by atoms with Gasteiger partial charge in [-0.25, -0.2) is 4.39 Å². The summed E-state index contributed by atoms with van der Waals surface area (Å²) in [6.45, 7) is 5.49. The number of hydrogen-bond acceptors (Lipinski definition) is 5. The Morgan fingerprint density at radius 3 is 2.03 bits per heavy atom. The number of halogens is 4. The summed E-state index contributed by atoms with van der Waals surface area (Å²) >= 11 is 1.47.